The van der Waals surface area contributed by atoms with Crippen LogP contribution in [0.3, 0.4) is 0 Å². The summed E-state index contributed by atoms with van der Waals surface area (Å²) in [6.07, 6.45) is 1.41. The number of hydrogen-bond acceptors (Lipinski definition) is 4. The van der Waals surface area contributed by atoms with Gasteiger partial charge in [0.05, 0.1) is 25.0 Å². The van der Waals surface area contributed by atoms with Gasteiger partial charge in [-0.15, -0.1) is 0 Å². The maximum absolute atomic E-state index is 13.1. The molecule has 1 fully saturated rings. The van der Waals surface area contributed by atoms with E-state index in [1.165, 1.54) is 12.1 Å². The molecule has 0 aliphatic carbocycles. The fraction of sp³-hybridized carbons (Fsp3) is 0.400. The van der Waals surface area contributed by atoms with Crippen LogP contribution in [0.4, 0.5) is 20.7 Å². The maximum atomic E-state index is 13.1. The van der Waals surface area contributed by atoms with Crippen molar-refractivity contribution in [2.45, 2.75) is 20.0 Å². The standard InChI is InChI=1S/C20H25FN4O2/c1-3-24(4-2)19-10-9-17(13-22-19)23-20(26)25-11-12-27-18(14-25)15-5-7-16(21)8-6-15/h5-10,13,18H,3-4,11-12,14H2,1-2H3,(H,23,26). The summed E-state index contributed by atoms with van der Waals surface area (Å²) in [5.74, 6) is 0.602. The maximum Gasteiger partial charge on any atom is 0.322 e. The fourth-order valence-electron chi connectivity index (χ4n) is 3.11. The molecule has 7 heteroatoms. The molecule has 0 radical (unpaired) electrons. The van der Waals surface area contributed by atoms with Gasteiger partial charge in [-0.3, -0.25) is 0 Å². The Morgan fingerprint density at radius 3 is 2.63 bits per heavy atom. The van der Waals surface area contributed by atoms with Crippen LogP contribution in [0, 0.1) is 5.82 Å². The lowest BCUT2D eigenvalue weighted by Crippen LogP contribution is -2.44. The highest BCUT2D eigenvalue weighted by Gasteiger charge is 2.25. The molecule has 2 heterocycles. The number of urea groups is 1. The van der Waals surface area contributed by atoms with Crippen molar-refractivity contribution >= 4 is 17.5 Å². The molecular formula is C20H25FN4O2. The van der Waals surface area contributed by atoms with E-state index in [1.54, 1.807) is 23.2 Å². The molecule has 1 aliphatic rings. The summed E-state index contributed by atoms with van der Waals surface area (Å²) in [4.78, 5) is 20.9. The zero-order chi connectivity index (χ0) is 19.2. The van der Waals surface area contributed by atoms with E-state index in [1.807, 2.05) is 12.1 Å². The van der Waals surface area contributed by atoms with Crippen molar-refractivity contribution in [3.05, 3.63) is 54.0 Å². The van der Waals surface area contributed by atoms with E-state index in [2.05, 4.69) is 29.0 Å². The Labute approximate surface area is 158 Å². The molecule has 1 saturated heterocycles. The van der Waals surface area contributed by atoms with Gasteiger partial charge in [0.15, 0.2) is 0 Å². The second kappa shape index (κ2) is 8.81. The Bertz CT molecular complexity index is 748. The SMILES string of the molecule is CCN(CC)c1ccc(NC(=O)N2CCOC(c3ccc(F)cc3)C2)cn1. The third-order valence-corrected chi connectivity index (χ3v) is 4.68. The van der Waals surface area contributed by atoms with Crippen LogP contribution in [-0.4, -0.2) is 48.7 Å². The number of nitrogens with one attached hydrogen (secondary N) is 1. The number of nitrogens with zero attached hydrogens (tertiary/aromatic N) is 3. The number of hydrogen-bond donors (Lipinski definition) is 1. The van der Waals surface area contributed by atoms with Gasteiger partial charge in [0, 0.05) is 19.6 Å². The molecule has 0 saturated carbocycles. The van der Waals surface area contributed by atoms with Crippen LogP contribution in [0.15, 0.2) is 42.6 Å². The zero-order valence-corrected chi connectivity index (χ0v) is 15.7. The highest BCUT2D eigenvalue weighted by atomic mass is 19.1. The molecule has 144 valence electrons. The number of rotatable bonds is 5. The Kier molecular flexibility index (Phi) is 6.24. The van der Waals surface area contributed by atoms with Crippen molar-refractivity contribution in [1.82, 2.24) is 9.88 Å². The first-order valence-corrected chi connectivity index (χ1v) is 9.24. The van der Waals surface area contributed by atoms with Gasteiger partial charge in [-0.1, -0.05) is 12.1 Å². The number of benzene rings is 1. The molecule has 3 rings (SSSR count). The molecule has 2 aromatic rings. The van der Waals surface area contributed by atoms with Gasteiger partial charge in [0.2, 0.25) is 0 Å². The van der Waals surface area contributed by atoms with E-state index in [-0.39, 0.29) is 18.0 Å². The number of pyridine rings is 1. The van der Waals surface area contributed by atoms with E-state index in [0.717, 1.165) is 24.5 Å². The van der Waals surface area contributed by atoms with Gasteiger partial charge in [-0.2, -0.15) is 0 Å². The lowest BCUT2D eigenvalue weighted by Gasteiger charge is -2.33. The van der Waals surface area contributed by atoms with E-state index >= 15 is 0 Å². The Morgan fingerprint density at radius 2 is 2.00 bits per heavy atom. The van der Waals surface area contributed by atoms with Crippen LogP contribution in [0.25, 0.3) is 0 Å². The van der Waals surface area contributed by atoms with Gasteiger partial charge in [0.1, 0.15) is 17.7 Å². The summed E-state index contributed by atoms with van der Waals surface area (Å²) < 4.78 is 18.8. The van der Waals surface area contributed by atoms with Gasteiger partial charge in [-0.05, 0) is 43.7 Å². The smallest absolute Gasteiger partial charge is 0.322 e. The molecule has 0 bridgehead atoms. The number of morpholine rings is 1. The quantitative estimate of drug-likeness (QED) is 0.870. The second-order valence-electron chi connectivity index (χ2n) is 6.36. The second-order valence-corrected chi connectivity index (χ2v) is 6.36. The van der Waals surface area contributed by atoms with E-state index < -0.39 is 0 Å². The molecular weight excluding hydrogens is 347 g/mol. The predicted octanol–water partition coefficient (Wildman–Crippen LogP) is 3.67. The molecule has 0 spiro atoms. The third kappa shape index (κ3) is 4.74. The highest BCUT2D eigenvalue weighted by molar-refractivity contribution is 5.89. The average molecular weight is 372 g/mol. The molecule has 1 aromatic heterocycles. The summed E-state index contributed by atoms with van der Waals surface area (Å²) in [7, 11) is 0. The van der Waals surface area contributed by atoms with Crippen LogP contribution < -0.4 is 10.2 Å². The fourth-order valence-corrected chi connectivity index (χ4v) is 3.11. The van der Waals surface area contributed by atoms with Crippen molar-refractivity contribution in [2.24, 2.45) is 0 Å². The van der Waals surface area contributed by atoms with E-state index in [9.17, 15) is 9.18 Å². The third-order valence-electron chi connectivity index (χ3n) is 4.68. The van der Waals surface area contributed by atoms with Crippen LogP contribution in [0.5, 0.6) is 0 Å². The number of amides is 2. The molecule has 1 unspecified atom stereocenters. The average Bonchev–Trinajstić information content (AvgIpc) is 2.71. The summed E-state index contributed by atoms with van der Waals surface area (Å²) in [5, 5.41) is 2.89. The molecule has 1 N–H and O–H groups in total. The van der Waals surface area contributed by atoms with Crippen molar-refractivity contribution in [3.8, 4) is 0 Å². The molecule has 1 atom stereocenters. The molecule has 1 aliphatic heterocycles. The number of carbonyl (C=O) groups is 1. The lowest BCUT2D eigenvalue weighted by molar-refractivity contribution is -0.0135. The number of halogens is 1. The topological polar surface area (TPSA) is 57.7 Å². The highest BCUT2D eigenvalue weighted by Crippen LogP contribution is 2.23. The van der Waals surface area contributed by atoms with Crippen molar-refractivity contribution in [3.63, 3.8) is 0 Å². The van der Waals surface area contributed by atoms with Crippen LogP contribution in [-0.2, 0) is 4.74 Å². The summed E-state index contributed by atoms with van der Waals surface area (Å²) >= 11 is 0. The first-order valence-electron chi connectivity index (χ1n) is 9.24. The molecule has 1 aromatic carbocycles. The van der Waals surface area contributed by atoms with Gasteiger partial charge in [-0.25, -0.2) is 14.2 Å². The van der Waals surface area contributed by atoms with Gasteiger partial charge in [0.25, 0.3) is 0 Å². The summed E-state index contributed by atoms with van der Waals surface area (Å²) in [6, 6.07) is 9.76. The Morgan fingerprint density at radius 1 is 1.26 bits per heavy atom. The number of anilines is 2. The first-order chi connectivity index (χ1) is 13.1. The summed E-state index contributed by atoms with van der Waals surface area (Å²) in [6.45, 7) is 7.29. The minimum atomic E-state index is -0.287. The normalized spacial score (nSPS) is 16.9. The molecule has 27 heavy (non-hydrogen) atoms. The zero-order valence-electron chi connectivity index (χ0n) is 15.7. The van der Waals surface area contributed by atoms with Crippen LogP contribution in [0.1, 0.15) is 25.5 Å². The number of carbonyl (C=O) groups excluding carboxylic acids is 1. The minimum absolute atomic E-state index is 0.192. The van der Waals surface area contributed by atoms with Crippen molar-refractivity contribution < 1.29 is 13.9 Å². The van der Waals surface area contributed by atoms with E-state index in [0.29, 0.717) is 25.4 Å². The van der Waals surface area contributed by atoms with Crippen LogP contribution >= 0.6 is 0 Å². The monoisotopic (exact) mass is 372 g/mol. The molecule has 2 amide bonds. The predicted molar refractivity (Wildman–Crippen MR) is 103 cm³/mol. The molecule has 6 nitrogen and oxygen atoms in total. The van der Waals surface area contributed by atoms with E-state index in [4.69, 9.17) is 4.74 Å². The lowest BCUT2D eigenvalue weighted by atomic mass is 10.1. The Balaban J connectivity index is 1.61. The number of ether oxygens (including phenoxy) is 1. The van der Waals surface area contributed by atoms with Gasteiger partial charge >= 0.3 is 6.03 Å². The number of aromatic nitrogens is 1. The Hall–Kier alpha value is -2.67. The van der Waals surface area contributed by atoms with Crippen LogP contribution in [0.2, 0.25) is 0 Å². The largest absolute Gasteiger partial charge is 0.370 e. The van der Waals surface area contributed by atoms with Gasteiger partial charge < -0.3 is 19.9 Å². The summed E-state index contributed by atoms with van der Waals surface area (Å²) in [5.41, 5.74) is 1.51. The van der Waals surface area contributed by atoms with Crippen molar-refractivity contribution in [1.29, 1.82) is 0 Å². The minimum Gasteiger partial charge on any atom is -0.370 e. The first kappa shape index (κ1) is 19.1. The van der Waals surface area contributed by atoms with Crippen molar-refractivity contribution in [2.75, 3.05) is 43.0 Å².